The lowest BCUT2D eigenvalue weighted by atomic mass is 10.2. The second-order valence-corrected chi connectivity index (χ2v) is 4.45. The van der Waals surface area contributed by atoms with E-state index in [1.807, 2.05) is 0 Å². The Bertz CT molecular complexity index is 471. The summed E-state index contributed by atoms with van der Waals surface area (Å²) in [7, 11) is 0. The second-order valence-electron chi connectivity index (χ2n) is 4.05. The molecule has 18 heavy (non-hydrogen) atoms. The smallest absolute Gasteiger partial charge is 0.256 e. The normalized spacial score (nSPS) is 18.7. The van der Waals surface area contributed by atoms with Crippen LogP contribution in [0.5, 0.6) is 0 Å². The maximum absolute atomic E-state index is 13.5. The van der Waals surface area contributed by atoms with Crippen LogP contribution in [0.15, 0.2) is 12.1 Å². The zero-order chi connectivity index (χ0) is 12.6. The Hall–Kier alpha value is -0.910. The molecular formula is C11H12Cl2F2N2O. The molecule has 1 amide bonds. The number of nitrogens with zero attached hydrogens (tertiary/aromatic N) is 1. The Balaban J connectivity index is 0.00000162. The molecule has 0 aliphatic carbocycles. The van der Waals surface area contributed by atoms with Gasteiger partial charge in [-0.2, -0.15) is 0 Å². The molecule has 3 nitrogen and oxygen atoms in total. The minimum Gasteiger partial charge on any atom is -0.337 e. The summed E-state index contributed by atoms with van der Waals surface area (Å²) in [4.78, 5) is 13.3. The van der Waals surface area contributed by atoms with Crippen LogP contribution in [-0.4, -0.2) is 29.9 Å². The lowest BCUT2D eigenvalue weighted by Crippen LogP contribution is -2.32. The third-order valence-electron chi connectivity index (χ3n) is 2.75. The average molecular weight is 297 g/mol. The van der Waals surface area contributed by atoms with Crippen LogP contribution in [-0.2, 0) is 0 Å². The first-order valence-electron chi connectivity index (χ1n) is 5.18. The summed E-state index contributed by atoms with van der Waals surface area (Å²) in [5.41, 5.74) is 5.35. The monoisotopic (exact) mass is 296 g/mol. The summed E-state index contributed by atoms with van der Waals surface area (Å²) in [6.07, 6.45) is 0.670. The number of carbonyl (C=O) groups excluding carboxylic acids is 1. The third-order valence-corrected chi connectivity index (χ3v) is 3.04. The van der Waals surface area contributed by atoms with Crippen molar-refractivity contribution >= 4 is 29.9 Å². The second kappa shape index (κ2) is 5.82. The van der Waals surface area contributed by atoms with Crippen molar-refractivity contribution in [2.24, 2.45) is 5.73 Å². The SMILES string of the molecule is Cl.NC1CCN(C(=O)c2cc(F)c(Cl)cc2F)C1. The molecule has 1 saturated heterocycles. The van der Waals surface area contributed by atoms with Gasteiger partial charge in [-0.05, 0) is 18.6 Å². The minimum atomic E-state index is -0.818. The predicted molar refractivity (Wildman–Crippen MR) is 67.1 cm³/mol. The van der Waals surface area contributed by atoms with Gasteiger partial charge in [0.25, 0.3) is 5.91 Å². The van der Waals surface area contributed by atoms with Crippen molar-refractivity contribution in [1.82, 2.24) is 4.90 Å². The van der Waals surface area contributed by atoms with Crippen LogP contribution in [0.25, 0.3) is 0 Å². The highest BCUT2D eigenvalue weighted by Crippen LogP contribution is 2.21. The lowest BCUT2D eigenvalue weighted by Gasteiger charge is -2.16. The molecule has 0 aromatic heterocycles. The van der Waals surface area contributed by atoms with Crippen LogP contribution in [0.4, 0.5) is 8.78 Å². The zero-order valence-corrected chi connectivity index (χ0v) is 10.9. The van der Waals surface area contributed by atoms with E-state index in [1.165, 1.54) is 4.90 Å². The number of rotatable bonds is 1. The molecule has 0 bridgehead atoms. The van der Waals surface area contributed by atoms with Gasteiger partial charge in [0.15, 0.2) is 0 Å². The molecular weight excluding hydrogens is 285 g/mol. The molecule has 2 N–H and O–H groups in total. The molecule has 0 saturated carbocycles. The van der Waals surface area contributed by atoms with Gasteiger partial charge in [-0.25, -0.2) is 8.78 Å². The molecule has 1 aromatic rings. The van der Waals surface area contributed by atoms with Crippen LogP contribution < -0.4 is 5.73 Å². The van der Waals surface area contributed by atoms with Crippen molar-refractivity contribution in [2.75, 3.05) is 13.1 Å². The number of carbonyl (C=O) groups is 1. The number of likely N-dealkylation sites (tertiary alicyclic amines) is 1. The zero-order valence-electron chi connectivity index (χ0n) is 9.33. The van der Waals surface area contributed by atoms with Crippen LogP contribution in [0.3, 0.4) is 0 Å². The Morgan fingerprint density at radius 1 is 1.39 bits per heavy atom. The van der Waals surface area contributed by atoms with Gasteiger partial charge in [-0.3, -0.25) is 4.79 Å². The topological polar surface area (TPSA) is 46.3 Å². The molecule has 2 rings (SSSR count). The van der Waals surface area contributed by atoms with E-state index in [2.05, 4.69) is 0 Å². The van der Waals surface area contributed by atoms with Crippen molar-refractivity contribution in [3.63, 3.8) is 0 Å². The number of hydrogen-bond donors (Lipinski definition) is 1. The van der Waals surface area contributed by atoms with Gasteiger partial charge in [0.2, 0.25) is 0 Å². The lowest BCUT2D eigenvalue weighted by molar-refractivity contribution is 0.0785. The first kappa shape index (κ1) is 15.1. The molecule has 100 valence electrons. The van der Waals surface area contributed by atoms with Gasteiger partial charge >= 0.3 is 0 Å². The van der Waals surface area contributed by atoms with Crippen LogP contribution in [0.1, 0.15) is 16.8 Å². The molecule has 1 aliphatic heterocycles. The Morgan fingerprint density at radius 3 is 2.61 bits per heavy atom. The van der Waals surface area contributed by atoms with Crippen LogP contribution >= 0.6 is 24.0 Å². The number of amides is 1. The van der Waals surface area contributed by atoms with Gasteiger partial charge < -0.3 is 10.6 Å². The van der Waals surface area contributed by atoms with E-state index in [4.69, 9.17) is 17.3 Å². The van der Waals surface area contributed by atoms with Crippen molar-refractivity contribution in [2.45, 2.75) is 12.5 Å². The number of benzene rings is 1. The van der Waals surface area contributed by atoms with Gasteiger partial charge in [0.05, 0.1) is 10.6 Å². The van der Waals surface area contributed by atoms with Gasteiger partial charge in [-0.1, -0.05) is 11.6 Å². The van der Waals surface area contributed by atoms with E-state index in [0.29, 0.717) is 19.5 Å². The van der Waals surface area contributed by atoms with Crippen molar-refractivity contribution < 1.29 is 13.6 Å². The molecule has 1 atom stereocenters. The Kier molecular flexibility index (Phi) is 4.90. The summed E-state index contributed by atoms with van der Waals surface area (Å²) < 4.78 is 26.7. The van der Waals surface area contributed by atoms with Gasteiger partial charge in [0.1, 0.15) is 11.6 Å². The number of halogens is 4. The van der Waals surface area contributed by atoms with Crippen molar-refractivity contribution in [1.29, 1.82) is 0 Å². The summed E-state index contributed by atoms with van der Waals surface area (Å²) >= 11 is 5.41. The average Bonchev–Trinajstić information content (AvgIpc) is 2.69. The standard InChI is InChI=1S/C11H11ClF2N2O.ClH/c12-8-4-9(13)7(3-10(8)14)11(17)16-2-1-6(15)5-16;/h3-4,6H,1-2,5,15H2;1H. The number of hydrogen-bond acceptors (Lipinski definition) is 2. The maximum atomic E-state index is 13.5. The maximum Gasteiger partial charge on any atom is 0.256 e. The molecule has 1 aromatic carbocycles. The van der Waals surface area contributed by atoms with E-state index < -0.39 is 17.5 Å². The fraction of sp³-hybridized carbons (Fsp3) is 0.364. The third kappa shape index (κ3) is 2.91. The van der Waals surface area contributed by atoms with Crippen LogP contribution in [0.2, 0.25) is 5.02 Å². The summed E-state index contributed by atoms with van der Waals surface area (Å²) in [5, 5.41) is -0.336. The van der Waals surface area contributed by atoms with Gasteiger partial charge in [0, 0.05) is 19.1 Å². The molecule has 7 heteroatoms. The largest absolute Gasteiger partial charge is 0.337 e. The summed E-state index contributed by atoms with van der Waals surface area (Å²) in [6.45, 7) is 0.826. The molecule has 1 unspecified atom stereocenters. The van der Waals surface area contributed by atoms with E-state index in [9.17, 15) is 13.6 Å². The fourth-order valence-electron chi connectivity index (χ4n) is 1.83. The van der Waals surface area contributed by atoms with Crippen molar-refractivity contribution in [3.05, 3.63) is 34.4 Å². The highest BCUT2D eigenvalue weighted by Gasteiger charge is 2.27. The quantitative estimate of drug-likeness (QED) is 0.808. The van der Waals surface area contributed by atoms with E-state index in [0.717, 1.165) is 12.1 Å². The van der Waals surface area contributed by atoms with Gasteiger partial charge in [-0.15, -0.1) is 12.4 Å². The predicted octanol–water partition coefficient (Wildman–Crippen LogP) is 2.21. The van der Waals surface area contributed by atoms with E-state index in [-0.39, 0.29) is 29.0 Å². The number of nitrogens with two attached hydrogens (primary N) is 1. The highest BCUT2D eigenvalue weighted by molar-refractivity contribution is 6.30. The van der Waals surface area contributed by atoms with E-state index in [1.54, 1.807) is 0 Å². The molecule has 1 heterocycles. The Morgan fingerprint density at radius 2 is 2.06 bits per heavy atom. The molecule has 0 radical (unpaired) electrons. The molecule has 0 spiro atoms. The molecule has 1 aliphatic rings. The Labute approximate surface area is 114 Å². The summed E-state index contributed by atoms with van der Waals surface area (Å²) in [5.74, 6) is -2.17. The fourth-order valence-corrected chi connectivity index (χ4v) is 1.98. The first-order chi connectivity index (χ1) is 7.99. The van der Waals surface area contributed by atoms with Crippen molar-refractivity contribution in [3.8, 4) is 0 Å². The minimum absolute atomic E-state index is 0. The molecule has 1 fully saturated rings. The highest BCUT2D eigenvalue weighted by atomic mass is 35.5. The summed E-state index contributed by atoms with van der Waals surface area (Å²) in [6, 6.07) is 1.53. The van der Waals surface area contributed by atoms with Crippen LogP contribution in [0, 0.1) is 11.6 Å². The van der Waals surface area contributed by atoms with E-state index >= 15 is 0 Å². The first-order valence-corrected chi connectivity index (χ1v) is 5.56.